The van der Waals surface area contributed by atoms with Crippen LogP contribution < -0.4 is 26.2 Å². The second-order valence-corrected chi connectivity index (χ2v) is 28.3. The number of nitrogens with one attached hydrogen (secondary N) is 4. The number of fused-ring (bicyclic) bond motifs is 14. The summed E-state index contributed by atoms with van der Waals surface area (Å²) in [5.41, 5.74) is 2.31. The number of ether oxygens (including phenoxy) is 2. The van der Waals surface area contributed by atoms with Gasteiger partial charge in [0.1, 0.15) is 77.2 Å². The van der Waals surface area contributed by atoms with E-state index in [0.29, 0.717) is 69.4 Å². The maximum Gasteiger partial charge on any atom is 0.415 e. The van der Waals surface area contributed by atoms with Gasteiger partial charge in [-0.15, -0.1) is 68.0 Å². The molecule has 506 valence electrons. The number of benzene rings is 1. The van der Waals surface area contributed by atoms with E-state index in [0.717, 1.165) is 45.3 Å². The van der Waals surface area contributed by atoms with Crippen molar-refractivity contribution < 1.29 is 73.1 Å². The lowest BCUT2D eigenvalue weighted by Crippen LogP contribution is -2.40. The zero-order valence-electron chi connectivity index (χ0n) is 52.5. The van der Waals surface area contributed by atoms with Gasteiger partial charge in [-0.05, 0) is 62.6 Å². The first kappa shape index (κ1) is 71.6. The topological polar surface area (TPSA) is 395 Å². The van der Waals surface area contributed by atoms with Crippen molar-refractivity contribution in [3.8, 4) is 43.4 Å². The summed E-state index contributed by atoms with van der Waals surface area (Å²) >= 11 is 6.98. The summed E-state index contributed by atoms with van der Waals surface area (Å²) in [4.78, 5) is 155. The Morgan fingerprint density at radius 1 is 0.698 bits per heavy atom. The molecule has 5 amide bonds. The lowest BCUT2D eigenvalue weighted by Gasteiger charge is -2.23. The van der Waals surface area contributed by atoms with Crippen LogP contribution in [0.15, 0.2) is 64.0 Å². The Morgan fingerprint density at radius 3 is 2.10 bits per heavy atom. The molecule has 8 N–H and O–H groups in total. The summed E-state index contributed by atoms with van der Waals surface area (Å²) in [7, 11) is 2.93. The molecule has 0 aliphatic carbocycles. The standard InChI is InChI=1S/C63H68N12O15S6/c1-31(2)36-23-42(76)49-32(3)95-60(73-49)38(24-45(77)64-4)67-54(84)40-28-91-56(69-40)35-18-19-37(58-71-44(30-94-58)75(21-12-11-17-48(81)82)63(88)90-22-20-34(62(86)87)15-9-10-16-47(79)80)66-50(35)39-27-92-59(68-39)41-29-93-61(70-41)52(53(83)33-13-7-6-8-14-33)72-46(78)25-65-55(85)51-43(26-89-5)96-57(36)74-51/h6-8,13-14,18-19,27-31,34,36,38,52-53,83H,9-12,15-17,20-26H2,1-5H3,(H,64,77)(H,65,85)(H,67,84)(H,72,78)(H,79,80)(H,81,82)(H,86,87)/t34?,36-,38-,52-,53-/m0/s1. The average molecular weight is 1430 g/mol. The summed E-state index contributed by atoms with van der Waals surface area (Å²) in [6, 6.07) is 9.91. The number of carbonyl (C=O) groups excluding carboxylic acids is 6. The lowest BCUT2D eigenvalue weighted by atomic mass is 9.90. The first-order valence-electron chi connectivity index (χ1n) is 30.4. The number of hydrogen-bond donors (Lipinski definition) is 8. The molecule has 1 aromatic carbocycles. The Bertz CT molecular complexity index is 4120. The number of methoxy groups -OCH3 is 1. The SMILES string of the molecule is CNC(=O)C[C@@H]1NC(=O)c2csc(n2)-c2ccc(-c3nc(N(CCCCC(=O)O)C(=O)OCCC(CCCCC(=O)O)C(=O)O)cs3)nc2-c2csc(n2)-c2csc(n2)[C@H]([C@@H](O)c2ccccc2)NC(=O)CNC(=O)c2nc(sc2COC)[C@H](C(C)C)CC(=O)c2nc1sc2C. The van der Waals surface area contributed by atoms with Gasteiger partial charge >= 0.3 is 24.0 Å². The quantitative estimate of drug-likeness (QED) is 0.0276. The van der Waals surface area contributed by atoms with Crippen LogP contribution in [0.3, 0.4) is 0 Å². The zero-order valence-corrected chi connectivity index (χ0v) is 57.4. The summed E-state index contributed by atoms with van der Waals surface area (Å²) in [5, 5.41) is 60.0. The minimum atomic E-state index is -1.32. The van der Waals surface area contributed by atoms with E-state index in [1.807, 2.05) is 13.8 Å². The number of aryl methyl sites for hydroxylation is 1. The number of rotatable bonds is 23. The van der Waals surface area contributed by atoms with Crippen molar-refractivity contribution in [2.24, 2.45) is 11.8 Å². The molecule has 0 fully saturated rings. The minimum absolute atomic E-state index is 0.00337. The smallest absolute Gasteiger partial charge is 0.415 e. The molecule has 8 heterocycles. The summed E-state index contributed by atoms with van der Waals surface area (Å²) in [6.45, 7) is 4.75. The van der Waals surface area contributed by atoms with Gasteiger partial charge in [-0.2, -0.15) is 0 Å². The third kappa shape index (κ3) is 18.2. The highest BCUT2D eigenvalue weighted by Gasteiger charge is 2.34. The molecule has 33 heteroatoms. The fraction of sp³-hybridized carbons (Fsp3) is 0.397. The first-order chi connectivity index (χ1) is 46.1. The third-order valence-electron chi connectivity index (χ3n) is 15.3. The van der Waals surface area contributed by atoms with Gasteiger partial charge in [-0.3, -0.25) is 43.3 Å². The molecule has 1 aliphatic heterocycles. The number of Topliss-reactive ketones (excluding diaryl/α,β-unsaturated/α-hetero) is 1. The number of ketones is 1. The Kier molecular flexibility index (Phi) is 24.8. The van der Waals surface area contributed by atoms with Crippen molar-refractivity contribution >= 4 is 127 Å². The number of anilines is 1. The molecule has 27 nitrogen and oxygen atoms in total. The summed E-state index contributed by atoms with van der Waals surface area (Å²) in [5.74, 6) is -7.33. The van der Waals surface area contributed by atoms with Gasteiger partial charge in [-0.1, -0.05) is 50.6 Å². The van der Waals surface area contributed by atoms with Crippen LogP contribution >= 0.6 is 68.0 Å². The number of unbranched alkanes of at least 4 members (excludes halogenated alkanes) is 2. The van der Waals surface area contributed by atoms with E-state index < -0.39 is 84.2 Å². The number of carboxylic acid groups (broad SMARTS) is 3. The highest BCUT2D eigenvalue weighted by molar-refractivity contribution is 7.15. The van der Waals surface area contributed by atoms with Crippen LogP contribution in [-0.2, 0) is 40.1 Å². The molecule has 7 aromatic heterocycles. The normalized spacial score (nSPS) is 16.0. The van der Waals surface area contributed by atoms with E-state index in [-0.39, 0.29) is 123 Å². The van der Waals surface area contributed by atoms with Crippen LogP contribution in [0.2, 0.25) is 0 Å². The van der Waals surface area contributed by atoms with Gasteiger partial charge in [0.15, 0.2) is 5.78 Å². The molecule has 0 spiro atoms. The van der Waals surface area contributed by atoms with E-state index >= 15 is 0 Å². The molecule has 10 bridgehead atoms. The number of carbonyl (C=O) groups is 9. The summed E-state index contributed by atoms with van der Waals surface area (Å²) in [6.07, 6.45) is -1.57. The third-order valence-corrected chi connectivity index (χ3v) is 21.1. The van der Waals surface area contributed by atoms with Crippen molar-refractivity contribution in [1.82, 2.24) is 56.2 Å². The highest BCUT2D eigenvalue weighted by atomic mass is 32.1. The number of aliphatic hydroxyl groups excluding tert-OH is 1. The molecule has 5 atom stereocenters. The lowest BCUT2D eigenvalue weighted by molar-refractivity contribution is -0.142. The average Bonchev–Trinajstić information content (AvgIpc) is 1.61. The number of aliphatic hydroxyl groups is 1. The number of carboxylic acids is 3. The van der Waals surface area contributed by atoms with E-state index in [1.54, 1.807) is 70.9 Å². The van der Waals surface area contributed by atoms with Crippen LogP contribution in [-0.4, -0.2) is 143 Å². The van der Waals surface area contributed by atoms with E-state index in [4.69, 9.17) is 49.5 Å². The van der Waals surface area contributed by atoms with Crippen molar-refractivity contribution in [3.63, 3.8) is 0 Å². The largest absolute Gasteiger partial charge is 0.481 e. The second-order valence-electron chi connectivity index (χ2n) is 22.5. The van der Waals surface area contributed by atoms with E-state index in [2.05, 4.69) is 21.3 Å². The van der Waals surface area contributed by atoms with Gasteiger partial charge in [-0.25, -0.2) is 39.7 Å². The van der Waals surface area contributed by atoms with Crippen LogP contribution in [0, 0.1) is 18.8 Å². The van der Waals surface area contributed by atoms with Crippen LogP contribution in [0.4, 0.5) is 10.6 Å². The molecular weight excluding hydrogens is 1360 g/mol. The Morgan fingerprint density at radius 2 is 1.39 bits per heavy atom. The van der Waals surface area contributed by atoms with Crippen molar-refractivity contribution in [3.05, 3.63) is 111 Å². The maximum absolute atomic E-state index is 14.4. The van der Waals surface area contributed by atoms with Gasteiger partial charge in [0, 0.05) is 77.8 Å². The fourth-order valence-corrected chi connectivity index (χ4v) is 15.8. The molecule has 0 saturated heterocycles. The monoisotopic (exact) mass is 1420 g/mol. The van der Waals surface area contributed by atoms with E-state index in [1.165, 1.54) is 41.7 Å². The Hall–Kier alpha value is -8.70. The first-order valence-corrected chi connectivity index (χ1v) is 35.5. The predicted octanol–water partition coefficient (Wildman–Crippen LogP) is 10.1. The molecule has 1 aliphatic rings. The Balaban J connectivity index is 1.09. The van der Waals surface area contributed by atoms with Crippen molar-refractivity contribution in [1.29, 1.82) is 0 Å². The maximum atomic E-state index is 14.4. The molecular formula is C63H68N12O15S6. The molecule has 1 unspecified atom stereocenters. The number of amides is 5. The zero-order chi connectivity index (χ0) is 68.7. The minimum Gasteiger partial charge on any atom is -0.481 e. The number of aromatic nitrogens is 7. The molecule has 0 saturated carbocycles. The van der Waals surface area contributed by atoms with Crippen molar-refractivity contribution in [2.75, 3.05) is 38.8 Å². The number of pyridine rings is 1. The van der Waals surface area contributed by atoms with Gasteiger partial charge in [0.25, 0.3) is 11.8 Å². The van der Waals surface area contributed by atoms with E-state index in [9.17, 15) is 58.5 Å². The van der Waals surface area contributed by atoms with Gasteiger partial charge in [0.05, 0.1) is 53.7 Å². The summed E-state index contributed by atoms with van der Waals surface area (Å²) < 4.78 is 11.1. The molecule has 0 radical (unpaired) electrons. The number of nitrogens with zero attached hydrogens (tertiary/aromatic N) is 8. The second kappa shape index (κ2) is 33.3. The molecule has 8 aromatic rings. The van der Waals surface area contributed by atoms with Crippen LogP contribution in [0.25, 0.3) is 43.4 Å². The predicted molar refractivity (Wildman–Crippen MR) is 360 cm³/mol. The number of hydrogen-bond acceptors (Lipinski definition) is 25. The Labute approximate surface area is 573 Å². The van der Waals surface area contributed by atoms with Gasteiger partial charge in [0.2, 0.25) is 11.8 Å². The number of thiazole rings is 6. The van der Waals surface area contributed by atoms with Gasteiger partial charge < -0.3 is 51.2 Å². The fourth-order valence-electron chi connectivity index (χ4n) is 10.2. The molecule has 96 heavy (non-hydrogen) atoms. The van der Waals surface area contributed by atoms with Crippen molar-refractivity contribution in [2.45, 2.75) is 116 Å². The van der Waals surface area contributed by atoms with Crippen LogP contribution in [0.1, 0.15) is 164 Å². The number of aliphatic carboxylic acids is 3. The molecule has 9 rings (SSSR count). The highest BCUT2D eigenvalue weighted by Crippen LogP contribution is 2.41. The van der Waals surface area contributed by atoms with Crippen LogP contribution in [0.5, 0.6) is 0 Å².